The van der Waals surface area contributed by atoms with E-state index in [4.69, 9.17) is 9.47 Å². The molecule has 0 bridgehead atoms. The molecular weight excluding hydrogens is 441 g/mol. The summed E-state index contributed by atoms with van der Waals surface area (Å²) < 4.78 is 11.5. The van der Waals surface area contributed by atoms with Crippen molar-refractivity contribution in [1.82, 2.24) is 0 Å². The van der Waals surface area contributed by atoms with E-state index in [1.807, 2.05) is 0 Å². The lowest BCUT2D eigenvalue weighted by Crippen LogP contribution is -2.54. The Morgan fingerprint density at radius 1 is 1.12 bits per heavy atom. The quantitative estimate of drug-likeness (QED) is 0.365. The number of methoxy groups -OCH3 is 1. The van der Waals surface area contributed by atoms with Crippen LogP contribution in [0.25, 0.3) is 0 Å². The van der Waals surface area contributed by atoms with Crippen molar-refractivity contribution in [2.24, 2.45) is 23.7 Å². The predicted molar refractivity (Wildman–Crippen MR) is 121 cm³/mol. The number of phenols is 1. The van der Waals surface area contributed by atoms with Gasteiger partial charge in [0.05, 0.1) is 30.2 Å². The molecule has 3 fully saturated rings. The summed E-state index contributed by atoms with van der Waals surface area (Å²) in [6.45, 7) is 0.159. The molecule has 0 radical (unpaired) electrons. The fraction of sp³-hybridized carbons (Fsp3) is 0.417. The van der Waals surface area contributed by atoms with E-state index < -0.39 is 48.6 Å². The van der Waals surface area contributed by atoms with Crippen LogP contribution in [-0.4, -0.2) is 58.7 Å². The van der Waals surface area contributed by atoms with Crippen LogP contribution >= 0.6 is 0 Å². The molecule has 2 saturated heterocycles. The van der Waals surface area contributed by atoms with E-state index in [9.17, 15) is 29.9 Å². The number of nitrogens with zero attached hydrogens (tertiary/aromatic N) is 1. The maximum atomic E-state index is 13.6. The van der Waals surface area contributed by atoms with Gasteiger partial charge in [-0.25, -0.2) is 0 Å². The van der Waals surface area contributed by atoms with Crippen LogP contribution in [0.4, 0.5) is 5.69 Å². The highest BCUT2D eigenvalue weighted by atomic mass is 16.6. The van der Waals surface area contributed by atoms with E-state index in [-0.39, 0.29) is 35.8 Å². The van der Waals surface area contributed by atoms with Gasteiger partial charge in [0.2, 0.25) is 11.8 Å². The van der Waals surface area contributed by atoms with Crippen molar-refractivity contribution in [3.8, 4) is 5.75 Å². The van der Waals surface area contributed by atoms with Gasteiger partial charge in [0.25, 0.3) is 0 Å². The minimum atomic E-state index is -1.74. The van der Waals surface area contributed by atoms with Crippen LogP contribution in [0.2, 0.25) is 0 Å². The van der Waals surface area contributed by atoms with Crippen molar-refractivity contribution in [1.29, 1.82) is 0 Å². The molecule has 5 rings (SSSR count). The zero-order valence-corrected chi connectivity index (χ0v) is 18.6. The van der Waals surface area contributed by atoms with Crippen LogP contribution in [0.15, 0.2) is 48.5 Å². The van der Waals surface area contributed by atoms with Gasteiger partial charge in [-0.15, -0.1) is 0 Å². The van der Waals surface area contributed by atoms with Gasteiger partial charge in [-0.1, -0.05) is 24.3 Å². The zero-order valence-electron chi connectivity index (χ0n) is 18.6. The third-order valence-corrected chi connectivity index (χ3v) is 7.42. The summed E-state index contributed by atoms with van der Waals surface area (Å²) in [6, 6.07) is 12.5. The van der Waals surface area contributed by atoms with Gasteiger partial charge in [-0.3, -0.25) is 14.5 Å². The molecule has 0 spiro atoms. The lowest BCUT2D eigenvalue weighted by molar-refractivity contribution is -0.275. The lowest BCUT2D eigenvalue weighted by atomic mass is 9.64. The Kier molecular flexibility index (Phi) is 5.74. The topological polar surface area (TPSA) is 137 Å². The Labute approximate surface area is 196 Å². The molecule has 1 saturated carbocycles. The highest BCUT2D eigenvalue weighted by Gasteiger charge is 2.66. The highest BCUT2D eigenvalue weighted by molar-refractivity contribution is 6.58. The standard InChI is InChI=1S/C24H26BNO8/c1-33-12-14-9-18-21(19-11-20(34-24(14,19)30)13-5-7-17(27)8-6-13)23(29)26(22(18)28)16-4-2-3-15(10-16)25(31)32/h2-8,10,14,18-21,27,30-32H,9,11-12H2,1H3/t14-,18+,19+,20+,21+,24-/m1/s1. The molecule has 0 unspecified atom stereocenters. The molecule has 178 valence electrons. The molecule has 3 aliphatic rings. The molecule has 34 heavy (non-hydrogen) atoms. The second-order valence-corrected chi connectivity index (χ2v) is 9.29. The maximum Gasteiger partial charge on any atom is 0.488 e. The number of hydrogen-bond acceptors (Lipinski definition) is 8. The third-order valence-electron chi connectivity index (χ3n) is 7.42. The first kappa shape index (κ1) is 23.0. The van der Waals surface area contributed by atoms with Crippen molar-refractivity contribution in [3.05, 3.63) is 54.1 Å². The summed E-state index contributed by atoms with van der Waals surface area (Å²) in [5, 5.41) is 40.4. The minimum Gasteiger partial charge on any atom is -0.508 e. The second kappa shape index (κ2) is 8.48. The molecule has 2 aromatic rings. The van der Waals surface area contributed by atoms with Crippen LogP contribution in [0.5, 0.6) is 5.75 Å². The van der Waals surface area contributed by atoms with Crippen molar-refractivity contribution >= 4 is 30.1 Å². The summed E-state index contributed by atoms with van der Waals surface area (Å²) in [7, 11) is -0.225. The fourth-order valence-corrected chi connectivity index (χ4v) is 5.85. The summed E-state index contributed by atoms with van der Waals surface area (Å²) in [4.78, 5) is 28.2. The molecule has 2 heterocycles. The number of ether oxygens (including phenoxy) is 2. The zero-order chi connectivity index (χ0) is 24.2. The van der Waals surface area contributed by atoms with Crippen molar-refractivity contribution in [2.75, 3.05) is 18.6 Å². The average molecular weight is 467 g/mol. The number of aromatic hydroxyl groups is 1. The Bertz CT molecular complexity index is 1110. The first-order valence-electron chi connectivity index (χ1n) is 11.3. The Morgan fingerprint density at radius 2 is 1.85 bits per heavy atom. The lowest BCUT2D eigenvalue weighted by Gasteiger charge is -2.44. The number of phenolic OH excluding ortho intramolecular Hbond substituents is 1. The van der Waals surface area contributed by atoms with Gasteiger partial charge in [-0.05, 0) is 48.1 Å². The first-order chi connectivity index (χ1) is 16.2. The molecule has 2 aromatic carbocycles. The maximum absolute atomic E-state index is 13.6. The van der Waals surface area contributed by atoms with Crippen LogP contribution in [0, 0.1) is 23.7 Å². The van der Waals surface area contributed by atoms with Gasteiger partial charge in [-0.2, -0.15) is 0 Å². The van der Waals surface area contributed by atoms with Gasteiger partial charge in [0, 0.05) is 18.9 Å². The molecule has 9 nitrogen and oxygen atoms in total. The van der Waals surface area contributed by atoms with E-state index in [1.54, 1.807) is 24.3 Å². The van der Waals surface area contributed by atoms with Crippen molar-refractivity contribution < 1.29 is 39.3 Å². The monoisotopic (exact) mass is 467 g/mol. The smallest absolute Gasteiger partial charge is 0.488 e. The molecule has 4 N–H and O–H groups in total. The number of carbonyl (C=O) groups excluding carboxylic acids is 2. The average Bonchev–Trinajstić information content (AvgIpc) is 3.29. The molecule has 2 amide bonds. The van der Waals surface area contributed by atoms with Gasteiger partial charge in [0.15, 0.2) is 5.79 Å². The van der Waals surface area contributed by atoms with Gasteiger partial charge in [0.1, 0.15) is 5.75 Å². The van der Waals surface area contributed by atoms with E-state index in [1.165, 1.54) is 31.4 Å². The molecular formula is C24H26BNO8. The van der Waals surface area contributed by atoms with Crippen LogP contribution in [0.3, 0.4) is 0 Å². The Hall–Kier alpha value is -2.76. The van der Waals surface area contributed by atoms with Gasteiger partial charge < -0.3 is 29.7 Å². The van der Waals surface area contributed by atoms with Crippen LogP contribution < -0.4 is 10.4 Å². The Morgan fingerprint density at radius 3 is 2.53 bits per heavy atom. The number of rotatable bonds is 5. The van der Waals surface area contributed by atoms with E-state index in [2.05, 4.69) is 0 Å². The largest absolute Gasteiger partial charge is 0.508 e. The number of amides is 2. The molecule has 1 aliphatic carbocycles. The molecule has 2 aliphatic heterocycles. The molecule has 6 atom stereocenters. The highest BCUT2D eigenvalue weighted by Crippen LogP contribution is 2.58. The van der Waals surface area contributed by atoms with Crippen LogP contribution in [0.1, 0.15) is 24.5 Å². The second-order valence-electron chi connectivity index (χ2n) is 9.29. The number of hydrogen-bond donors (Lipinski definition) is 4. The third kappa shape index (κ3) is 3.53. The molecule has 0 aromatic heterocycles. The summed E-state index contributed by atoms with van der Waals surface area (Å²) in [5.41, 5.74) is 1.18. The first-order valence-corrected chi connectivity index (χ1v) is 11.3. The summed E-state index contributed by atoms with van der Waals surface area (Å²) in [6.07, 6.45) is 0.0285. The van der Waals surface area contributed by atoms with Crippen LogP contribution in [-0.2, 0) is 19.1 Å². The fourth-order valence-electron chi connectivity index (χ4n) is 5.85. The predicted octanol–water partition coefficient (Wildman–Crippen LogP) is 0.310. The minimum absolute atomic E-state index is 0.109. The van der Waals surface area contributed by atoms with Gasteiger partial charge >= 0.3 is 7.12 Å². The number of benzene rings is 2. The van der Waals surface area contributed by atoms with Crippen molar-refractivity contribution in [2.45, 2.75) is 24.7 Å². The van der Waals surface area contributed by atoms with E-state index >= 15 is 0 Å². The Balaban J connectivity index is 1.51. The summed E-state index contributed by atoms with van der Waals surface area (Å²) in [5.74, 6) is -4.96. The number of imide groups is 1. The number of fused-ring (bicyclic) bond motifs is 3. The van der Waals surface area contributed by atoms with E-state index in [0.29, 0.717) is 6.42 Å². The summed E-state index contributed by atoms with van der Waals surface area (Å²) >= 11 is 0. The normalized spacial score (nSPS) is 32.6. The van der Waals surface area contributed by atoms with Crippen molar-refractivity contribution in [3.63, 3.8) is 0 Å². The molecule has 10 heteroatoms. The number of carbonyl (C=O) groups is 2. The van der Waals surface area contributed by atoms with E-state index in [0.717, 1.165) is 10.5 Å². The number of anilines is 1. The number of aliphatic hydroxyl groups is 1. The SMILES string of the molecule is COC[C@H]1C[C@@H]2C(=O)N(c3cccc(B(O)O)c3)C(=O)[C@@H]2[C@@H]2C[C@@H](c3ccc(O)cc3)O[C@]12O.